The fourth-order valence-corrected chi connectivity index (χ4v) is 4.51. The minimum atomic E-state index is -0.136. The minimum Gasteiger partial charge on any atom is -0.383 e. The van der Waals surface area contributed by atoms with E-state index in [1.54, 1.807) is 12.0 Å². The smallest absolute Gasteiger partial charge is 0.234 e. The molecule has 1 N–H and O–H groups in total. The zero-order valence-electron chi connectivity index (χ0n) is 18.8. The van der Waals surface area contributed by atoms with Crippen LogP contribution in [-0.4, -0.2) is 52.6 Å². The van der Waals surface area contributed by atoms with E-state index in [1.807, 2.05) is 54.0 Å². The van der Waals surface area contributed by atoms with Crippen molar-refractivity contribution in [2.75, 3.05) is 36.2 Å². The fourth-order valence-electron chi connectivity index (χ4n) is 3.75. The van der Waals surface area contributed by atoms with Gasteiger partial charge in [0.2, 0.25) is 11.8 Å². The largest absolute Gasteiger partial charge is 0.383 e. The summed E-state index contributed by atoms with van der Waals surface area (Å²) in [5, 5.41) is 12.3. The van der Waals surface area contributed by atoms with Crippen molar-refractivity contribution in [2.45, 2.75) is 31.5 Å². The number of benzene rings is 2. The van der Waals surface area contributed by atoms with Crippen LogP contribution in [0.5, 0.6) is 0 Å². The molecular weight excluding hydrogens is 438 g/mol. The summed E-state index contributed by atoms with van der Waals surface area (Å²) < 4.78 is 7.24. The van der Waals surface area contributed by atoms with Crippen molar-refractivity contribution in [3.8, 4) is 11.4 Å². The molecular formula is C24H27N5O3S. The standard InChI is InChI=1S/C24H27N5O3S/c1-17-5-3-6-18(15-17)23-26-27-24(29(23)13-14-32-2)33-16-21(30)25-19-8-10-20(11-9-19)28-12-4-7-22(28)31/h3,5-6,8-11,15H,4,7,12-14,16H2,1-2H3,(H,25,30). The number of rotatable bonds is 9. The van der Waals surface area contributed by atoms with Crippen molar-refractivity contribution in [3.05, 3.63) is 54.1 Å². The summed E-state index contributed by atoms with van der Waals surface area (Å²) in [6, 6.07) is 15.5. The molecule has 1 aromatic heterocycles. The normalized spacial score (nSPS) is 13.5. The molecule has 172 valence electrons. The molecule has 8 nitrogen and oxygen atoms in total. The van der Waals surface area contributed by atoms with Gasteiger partial charge in [0.15, 0.2) is 11.0 Å². The van der Waals surface area contributed by atoms with Gasteiger partial charge in [0.1, 0.15) is 0 Å². The lowest BCUT2D eigenvalue weighted by atomic mass is 10.1. The fraction of sp³-hybridized carbons (Fsp3) is 0.333. The van der Waals surface area contributed by atoms with Crippen molar-refractivity contribution in [3.63, 3.8) is 0 Å². The van der Waals surface area contributed by atoms with Crippen molar-refractivity contribution < 1.29 is 14.3 Å². The molecule has 3 aromatic rings. The number of ether oxygens (including phenoxy) is 1. The van der Waals surface area contributed by atoms with Crippen LogP contribution in [0, 0.1) is 6.92 Å². The van der Waals surface area contributed by atoms with Crippen LogP contribution in [0.2, 0.25) is 0 Å². The first-order chi connectivity index (χ1) is 16.0. The van der Waals surface area contributed by atoms with Crippen LogP contribution >= 0.6 is 11.8 Å². The Morgan fingerprint density at radius 2 is 2.00 bits per heavy atom. The molecule has 0 saturated carbocycles. The quantitative estimate of drug-likeness (QED) is 0.484. The average molecular weight is 466 g/mol. The Morgan fingerprint density at radius 3 is 2.70 bits per heavy atom. The minimum absolute atomic E-state index is 0.136. The Bertz CT molecular complexity index is 1130. The van der Waals surface area contributed by atoms with Crippen LogP contribution in [-0.2, 0) is 20.9 Å². The molecule has 4 rings (SSSR count). The van der Waals surface area contributed by atoms with E-state index in [9.17, 15) is 9.59 Å². The van der Waals surface area contributed by atoms with Gasteiger partial charge < -0.3 is 15.0 Å². The molecule has 9 heteroatoms. The zero-order chi connectivity index (χ0) is 23.2. The van der Waals surface area contributed by atoms with Crippen molar-refractivity contribution in [2.24, 2.45) is 0 Å². The van der Waals surface area contributed by atoms with Crippen molar-refractivity contribution >= 4 is 35.0 Å². The molecule has 0 spiro atoms. The van der Waals surface area contributed by atoms with Crippen molar-refractivity contribution in [1.29, 1.82) is 0 Å². The van der Waals surface area contributed by atoms with Crippen LogP contribution in [0.15, 0.2) is 53.7 Å². The Balaban J connectivity index is 1.40. The number of carbonyl (C=O) groups is 2. The Hall–Kier alpha value is -3.17. The Labute approximate surface area is 197 Å². The molecule has 0 radical (unpaired) electrons. The molecule has 2 heterocycles. The van der Waals surface area contributed by atoms with Gasteiger partial charge in [-0.2, -0.15) is 0 Å². The number of methoxy groups -OCH3 is 1. The lowest BCUT2D eigenvalue weighted by molar-refractivity contribution is -0.117. The summed E-state index contributed by atoms with van der Waals surface area (Å²) in [5.41, 5.74) is 3.67. The second-order valence-corrected chi connectivity index (χ2v) is 8.80. The number of thioether (sulfide) groups is 1. The van der Waals surface area contributed by atoms with Gasteiger partial charge in [0, 0.05) is 37.0 Å². The highest BCUT2D eigenvalue weighted by molar-refractivity contribution is 7.99. The lowest BCUT2D eigenvalue weighted by Gasteiger charge is -2.16. The summed E-state index contributed by atoms with van der Waals surface area (Å²) >= 11 is 1.34. The van der Waals surface area contributed by atoms with Crippen LogP contribution in [0.1, 0.15) is 18.4 Å². The number of nitrogens with one attached hydrogen (secondary N) is 1. The van der Waals surface area contributed by atoms with Gasteiger partial charge in [0.25, 0.3) is 0 Å². The number of amides is 2. The number of aromatic nitrogens is 3. The average Bonchev–Trinajstić information content (AvgIpc) is 3.42. The van der Waals surface area contributed by atoms with E-state index in [0.717, 1.165) is 35.6 Å². The van der Waals surface area contributed by atoms with E-state index >= 15 is 0 Å². The third-order valence-electron chi connectivity index (χ3n) is 5.38. The summed E-state index contributed by atoms with van der Waals surface area (Å²) in [6.45, 7) is 3.89. The molecule has 1 saturated heterocycles. The molecule has 1 aliphatic rings. The van der Waals surface area contributed by atoms with Gasteiger partial charge in [-0.15, -0.1) is 10.2 Å². The number of aryl methyl sites for hydroxylation is 1. The molecule has 2 aromatic carbocycles. The molecule has 0 bridgehead atoms. The molecule has 0 aliphatic carbocycles. The van der Waals surface area contributed by atoms with Crippen LogP contribution in [0.25, 0.3) is 11.4 Å². The van der Waals surface area contributed by atoms with Gasteiger partial charge in [-0.3, -0.25) is 14.2 Å². The second kappa shape index (κ2) is 10.6. The van der Waals surface area contributed by atoms with Crippen LogP contribution in [0.3, 0.4) is 0 Å². The summed E-state index contributed by atoms with van der Waals surface area (Å²) in [4.78, 5) is 26.2. The monoisotopic (exact) mass is 465 g/mol. The van der Waals surface area contributed by atoms with Gasteiger partial charge in [-0.05, 0) is 43.7 Å². The third kappa shape index (κ3) is 5.61. The second-order valence-electron chi connectivity index (χ2n) is 7.85. The summed E-state index contributed by atoms with van der Waals surface area (Å²) in [5.74, 6) is 0.963. The number of hydrogen-bond donors (Lipinski definition) is 1. The topological polar surface area (TPSA) is 89.4 Å². The maximum atomic E-state index is 12.5. The Kier molecular flexibility index (Phi) is 7.41. The van der Waals surface area contributed by atoms with E-state index < -0.39 is 0 Å². The van der Waals surface area contributed by atoms with E-state index in [-0.39, 0.29) is 17.6 Å². The maximum absolute atomic E-state index is 12.5. The van der Waals surface area contributed by atoms with Crippen LogP contribution in [0.4, 0.5) is 11.4 Å². The predicted molar refractivity (Wildman–Crippen MR) is 129 cm³/mol. The SMILES string of the molecule is COCCn1c(SCC(=O)Nc2ccc(N3CCCC3=O)cc2)nnc1-c1cccc(C)c1. The van der Waals surface area contributed by atoms with Gasteiger partial charge in [-0.25, -0.2) is 0 Å². The molecule has 2 amide bonds. The van der Waals surface area contributed by atoms with Gasteiger partial charge >= 0.3 is 0 Å². The Morgan fingerprint density at radius 1 is 1.18 bits per heavy atom. The van der Waals surface area contributed by atoms with E-state index in [2.05, 4.69) is 21.6 Å². The third-order valence-corrected chi connectivity index (χ3v) is 6.35. The van der Waals surface area contributed by atoms with Crippen LogP contribution < -0.4 is 10.2 Å². The summed E-state index contributed by atoms with van der Waals surface area (Å²) in [6.07, 6.45) is 1.48. The van der Waals surface area contributed by atoms with Gasteiger partial charge in [0.05, 0.1) is 18.9 Å². The lowest BCUT2D eigenvalue weighted by Crippen LogP contribution is -2.23. The number of hydrogen-bond acceptors (Lipinski definition) is 6. The predicted octanol–water partition coefficient (Wildman–Crippen LogP) is 3.76. The number of carbonyl (C=O) groups excluding carboxylic acids is 2. The highest BCUT2D eigenvalue weighted by Crippen LogP contribution is 2.26. The zero-order valence-corrected chi connectivity index (χ0v) is 19.6. The van der Waals surface area contributed by atoms with Crippen molar-refractivity contribution in [1.82, 2.24) is 14.8 Å². The first-order valence-electron chi connectivity index (χ1n) is 10.9. The van der Waals surface area contributed by atoms with Gasteiger partial charge in [-0.1, -0.05) is 35.5 Å². The molecule has 0 atom stereocenters. The van der Waals surface area contributed by atoms with E-state index in [4.69, 9.17) is 4.74 Å². The first-order valence-corrected chi connectivity index (χ1v) is 11.9. The van der Waals surface area contributed by atoms with E-state index in [0.29, 0.717) is 30.4 Å². The summed E-state index contributed by atoms with van der Waals surface area (Å²) in [7, 11) is 1.65. The molecule has 1 fully saturated rings. The number of nitrogens with zero attached hydrogens (tertiary/aromatic N) is 4. The molecule has 1 aliphatic heterocycles. The molecule has 0 unspecified atom stereocenters. The number of anilines is 2. The highest BCUT2D eigenvalue weighted by Gasteiger charge is 2.21. The first kappa shape index (κ1) is 23.0. The molecule has 33 heavy (non-hydrogen) atoms. The maximum Gasteiger partial charge on any atom is 0.234 e. The highest BCUT2D eigenvalue weighted by atomic mass is 32.2. The van der Waals surface area contributed by atoms with E-state index in [1.165, 1.54) is 11.8 Å².